The molecule has 0 bridgehead atoms. The maximum Gasteiger partial charge on any atom is 0.125 e. The van der Waals surface area contributed by atoms with E-state index in [-0.39, 0.29) is 0 Å². The van der Waals surface area contributed by atoms with E-state index < -0.39 is 6.10 Å². The van der Waals surface area contributed by atoms with E-state index in [1.54, 1.807) is 12.4 Å². The number of aryl methyl sites for hydroxylation is 3. The lowest BCUT2D eigenvalue weighted by molar-refractivity contribution is 0.214. The summed E-state index contributed by atoms with van der Waals surface area (Å²) in [6, 6.07) is 3.68. The molecule has 0 amide bonds. The third-order valence-electron chi connectivity index (χ3n) is 3.03. The van der Waals surface area contributed by atoms with Crippen LogP contribution in [0.3, 0.4) is 0 Å². The van der Waals surface area contributed by atoms with Gasteiger partial charge < -0.3 is 10.8 Å². The summed E-state index contributed by atoms with van der Waals surface area (Å²) in [5.41, 5.74) is 10.4. The summed E-state index contributed by atoms with van der Waals surface area (Å²) in [4.78, 5) is 8.44. The van der Waals surface area contributed by atoms with E-state index in [0.717, 1.165) is 22.4 Å². The molecule has 4 nitrogen and oxygen atoms in total. The molecule has 1 unspecified atom stereocenters. The van der Waals surface area contributed by atoms with Gasteiger partial charge in [-0.05, 0) is 44.0 Å². The van der Waals surface area contributed by atoms with Crippen molar-refractivity contribution in [3.8, 4) is 0 Å². The fourth-order valence-electron chi connectivity index (χ4n) is 2.09. The molecule has 2 heterocycles. The molecule has 0 aromatic carbocycles. The Hall–Kier alpha value is -1.94. The van der Waals surface area contributed by atoms with E-state index in [0.29, 0.717) is 11.4 Å². The van der Waals surface area contributed by atoms with Crippen LogP contribution in [0.15, 0.2) is 24.5 Å². The summed E-state index contributed by atoms with van der Waals surface area (Å²) in [7, 11) is 0. The number of nitrogen functional groups attached to an aromatic ring is 1. The number of hydrogen-bond acceptors (Lipinski definition) is 4. The molecule has 0 aliphatic carbocycles. The smallest absolute Gasteiger partial charge is 0.125 e. The Kier molecular flexibility index (Phi) is 3.30. The van der Waals surface area contributed by atoms with Crippen molar-refractivity contribution in [3.05, 3.63) is 52.6 Å². The Labute approximate surface area is 107 Å². The monoisotopic (exact) mass is 243 g/mol. The van der Waals surface area contributed by atoms with Crippen LogP contribution in [-0.2, 0) is 0 Å². The van der Waals surface area contributed by atoms with Crippen molar-refractivity contribution in [2.45, 2.75) is 26.9 Å². The molecule has 4 heteroatoms. The largest absolute Gasteiger partial charge is 0.397 e. The third kappa shape index (κ3) is 2.19. The van der Waals surface area contributed by atoms with E-state index in [1.165, 1.54) is 0 Å². The molecule has 0 saturated carbocycles. The average molecular weight is 243 g/mol. The second-order valence-electron chi connectivity index (χ2n) is 4.52. The second-order valence-corrected chi connectivity index (χ2v) is 4.52. The number of aromatic nitrogens is 2. The maximum absolute atomic E-state index is 10.4. The van der Waals surface area contributed by atoms with Crippen LogP contribution in [0, 0.1) is 20.8 Å². The fourth-order valence-corrected chi connectivity index (χ4v) is 2.09. The minimum absolute atomic E-state index is 0.486. The van der Waals surface area contributed by atoms with E-state index in [1.807, 2.05) is 32.9 Å². The first-order valence-corrected chi connectivity index (χ1v) is 5.83. The van der Waals surface area contributed by atoms with Gasteiger partial charge in [-0.15, -0.1) is 0 Å². The number of aliphatic hydroxyl groups excluding tert-OH is 1. The number of pyridine rings is 2. The quantitative estimate of drug-likeness (QED) is 0.847. The van der Waals surface area contributed by atoms with Crippen LogP contribution in [0.1, 0.15) is 34.2 Å². The van der Waals surface area contributed by atoms with E-state index in [4.69, 9.17) is 5.73 Å². The molecular weight excluding hydrogens is 226 g/mol. The van der Waals surface area contributed by atoms with Crippen molar-refractivity contribution < 1.29 is 5.11 Å². The first-order valence-electron chi connectivity index (χ1n) is 5.83. The average Bonchev–Trinajstić information content (AvgIpc) is 2.28. The van der Waals surface area contributed by atoms with Crippen molar-refractivity contribution in [1.29, 1.82) is 0 Å². The van der Waals surface area contributed by atoms with Crippen LogP contribution in [-0.4, -0.2) is 15.1 Å². The molecular formula is C14H17N3O. The lowest BCUT2D eigenvalue weighted by atomic mass is 9.98. The van der Waals surface area contributed by atoms with Gasteiger partial charge in [-0.3, -0.25) is 9.97 Å². The molecule has 0 aliphatic rings. The van der Waals surface area contributed by atoms with Crippen molar-refractivity contribution >= 4 is 5.69 Å². The number of nitrogens with two attached hydrogens (primary N) is 1. The molecule has 1 atom stereocenters. The summed E-state index contributed by atoms with van der Waals surface area (Å²) in [5.74, 6) is 0. The molecule has 0 saturated heterocycles. The molecule has 2 aromatic rings. The highest BCUT2D eigenvalue weighted by Gasteiger charge is 2.19. The van der Waals surface area contributed by atoms with Crippen molar-refractivity contribution in [3.63, 3.8) is 0 Å². The molecule has 2 rings (SSSR count). The van der Waals surface area contributed by atoms with Gasteiger partial charge in [-0.25, -0.2) is 0 Å². The molecule has 0 aliphatic heterocycles. The Bertz CT molecular complexity index is 561. The van der Waals surface area contributed by atoms with Crippen molar-refractivity contribution in [2.75, 3.05) is 5.73 Å². The van der Waals surface area contributed by atoms with Crippen LogP contribution in [0.4, 0.5) is 5.69 Å². The van der Waals surface area contributed by atoms with Gasteiger partial charge in [0.2, 0.25) is 0 Å². The predicted molar refractivity (Wildman–Crippen MR) is 71.2 cm³/mol. The molecule has 0 spiro atoms. The zero-order chi connectivity index (χ0) is 13.3. The highest BCUT2D eigenvalue weighted by atomic mass is 16.3. The normalized spacial score (nSPS) is 12.4. The number of anilines is 1. The molecule has 2 aromatic heterocycles. The first kappa shape index (κ1) is 12.5. The summed E-state index contributed by atoms with van der Waals surface area (Å²) in [6.45, 7) is 5.73. The number of nitrogens with zero attached hydrogens (tertiary/aromatic N) is 2. The maximum atomic E-state index is 10.4. The standard InChI is InChI=1S/C14H17N3O/c1-8-6-11(15)13(17-7-8)14(18)12-9(2)4-5-16-10(12)3/h4-7,14,18H,15H2,1-3H3. The topological polar surface area (TPSA) is 72.0 Å². The highest BCUT2D eigenvalue weighted by Crippen LogP contribution is 2.28. The molecule has 0 fully saturated rings. The van der Waals surface area contributed by atoms with E-state index in [9.17, 15) is 5.11 Å². The minimum Gasteiger partial charge on any atom is -0.397 e. The zero-order valence-corrected chi connectivity index (χ0v) is 10.8. The third-order valence-corrected chi connectivity index (χ3v) is 3.03. The lowest BCUT2D eigenvalue weighted by Crippen LogP contribution is -2.10. The van der Waals surface area contributed by atoms with Gasteiger partial charge in [0, 0.05) is 23.7 Å². The van der Waals surface area contributed by atoms with Crippen molar-refractivity contribution in [1.82, 2.24) is 9.97 Å². The Balaban J connectivity index is 2.51. The van der Waals surface area contributed by atoms with Gasteiger partial charge in [-0.2, -0.15) is 0 Å². The molecule has 94 valence electrons. The number of aliphatic hydroxyl groups is 1. The summed E-state index contributed by atoms with van der Waals surface area (Å²) >= 11 is 0. The zero-order valence-electron chi connectivity index (χ0n) is 10.8. The predicted octanol–water partition coefficient (Wildman–Crippen LogP) is 2.07. The van der Waals surface area contributed by atoms with Crippen LogP contribution >= 0.6 is 0 Å². The van der Waals surface area contributed by atoms with Gasteiger partial charge in [0.15, 0.2) is 0 Å². The Morgan fingerprint density at radius 1 is 1.22 bits per heavy atom. The van der Waals surface area contributed by atoms with Gasteiger partial charge >= 0.3 is 0 Å². The van der Waals surface area contributed by atoms with Crippen LogP contribution < -0.4 is 5.73 Å². The fraction of sp³-hybridized carbons (Fsp3) is 0.286. The molecule has 3 N–H and O–H groups in total. The van der Waals surface area contributed by atoms with Crippen LogP contribution in [0.5, 0.6) is 0 Å². The van der Waals surface area contributed by atoms with Gasteiger partial charge in [0.05, 0.1) is 11.4 Å². The molecule has 0 radical (unpaired) electrons. The summed E-state index contributed by atoms with van der Waals surface area (Å²) in [5, 5.41) is 10.4. The van der Waals surface area contributed by atoms with Crippen LogP contribution in [0.2, 0.25) is 0 Å². The van der Waals surface area contributed by atoms with Crippen LogP contribution in [0.25, 0.3) is 0 Å². The second kappa shape index (κ2) is 4.74. The minimum atomic E-state index is -0.834. The lowest BCUT2D eigenvalue weighted by Gasteiger charge is -2.17. The van der Waals surface area contributed by atoms with E-state index in [2.05, 4.69) is 9.97 Å². The van der Waals surface area contributed by atoms with Gasteiger partial charge in [-0.1, -0.05) is 0 Å². The van der Waals surface area contributed by atoms with Gasteiger partial charge in [0.25, 0.3) is 0 Å². The summed E-state index contributed by atoms with van der Waals surface area (Å²) < 4.78 is 0. The number of rotatable bonds is 2. The summed E-state index contributed by atoms with van der Waals surface area (Å²) in [6.07, 6.45) is 2.60. The highest BCUT2D eigenvalue weighted by molar-refractivity contribution is 5.49. The SMILES string of the molecule is Cc1cnc(C(O)c2c(C)ccnc2C)c(N)c1. The van der Waals surface area contributed by atoms with Gasteiger partial charge in [0.1, 0.15) is 6.10 Å². The molecule has 18 heavy (non-hydrogen) atoms. The first-order chi connectivity index (χ1) is 8.50. The Morgan fingerprint density at radius 2 is 1.94 bits per heavy atom. The van der Waals surface area contributed by atoms with E-state index >= 15 is 0 Å². The van der Waals surface area contributed by atoms with Crippen molar-refractivity contribution in [2.24, 2.45) is 0 Å². The number of hydrogen-bond donors (Lipinski definition) is 2. The Morgan fingerprint density at radius 3 is 2.56 bits per heavy atom.